The molecule has 1 N–H and O–H groups in total. The summed E-state index contributed by atoms with van der Waals surface area (Å²) in [6.07, 6.45) is 2.91. The van der Waals surface area contributed by atoms with Crippen molar-refractivity contribution in [2.24, 2.45) is 0 Å². The van der Waals surface area contributed by atoms with E-state index in [9.17, 15) is 14.0 Å². The molecule has 4 nitrogen and oxygen atoms in total. The predicted octanol–water partition coefficient (Wildman–Crippen LogP) is 5.38. The van der Waals surface area contributed by atoms with Crippen LogP contribution in [0.5, 0.6) is 0 Å². The van der Waals surface area contributed by atoms with Crippen LogP contribution < -0.4 is 5.32 Å². The van der Waals surface area contributed by atoms with Crippen molar-refractivity contribution in [3.05, 3.63) is 83.0 Å². The average molecular weight is 395 g/mol. The van der Waals surface area contributed by atoms with Crippen molar-refractivity contribution >= 4 is 34.3 Å². The van der Waals surface area contributed by atoms with Crippen molar-refractivity contribution in [3.63, 3.8) is 0 Å². The van der Waals surface area contributed by atoms with Crippen LogP contribution in [-0.2, 0) is 9.53 Å². The second-order valence-electron chi connectivity index (χ2n) is 5.81. The lowest BCUT2D eigenvalue weighted by molar-refractivity contribution is -0.111. The SMILES string of the molecule is CCOC(=O)c1c(-c2ccccc2)csc1NC(=O)/C=C/c1ccc(F)cc1. The Morgan fingerprint density at radius 2 is 1.82 bits per heavy atom. The number of benzene rings is 2. The maximum Gasteiger partial charge on any atom is 0.341 e. The Kier molecular flexibility index (Phi) is 6.34. The predicted molar refractivity (Wildman–Crippen MR) is 110 cm³/mol. The van der Waals surface area contributed by atoms with E-state index in [2.05, 4.69) is 5.32 Å². The van der Waals surface area contributed by atoms with E-state index in [1.165, 1.54) is 29.5 Å². The molecule has 0 atom stereocenters. The number of halogens is 1. The van der Waals surface area contributed by atoms with Gasteiger partial charge in [-0.15, -0.1) is 11.3 Å². The number of thiophene rings is 1. The van der Waals surface area contributed by atoms with Crippen LogP contribution in [0.1, 0.15) is 22.8 Å². The molecule has 0 aliphatic rings. The number of hydrogen-bond donors (Lipinski definition) is 1. The topological polar surface area (TPSA) is 55.4 Å². The molecule has 0 fully saturated rings. The fourth-order valence-corrected chi connectivity index (χ4v) is 3.55. The fourth-order valence-electron chi connectivity index (χ4n) is 2.59. The summed E-state index contributed by atoms with van der Waals surface area (Å²) in [5, 5.41) is 4.98. The molecule has 1 heterocycles. The maximum atomic E-state index is 13.0. The number of nitrogens with one attached hydrogen (secondary N) is 1. The largest absolute Gasteiger partial charge is 0.462 e. The van der Waals surface area contributed by atoms with Gasteiger partial charge in [-0.25, -0.2) is 9.18 Å². The van der Waals surface area contributed by atoms with E-state index >= 15 is 0 Å². The first-order valence-electron chi connectivity index (χ1n) is 8.67. The molecule has 0 bridgehead atoms. The van der Waals surface area contributed by atoms with Gasteiger partial charge in [0.1, 0.15) is 16.4 Å². The Balaban J connectivity index is 1.84. The van der Waals surface area contributed by atoms with Crippen LogP contribution in [0, 0.1) is 5.82 Å². The highest BCUT2D eigenvalue weighted by atomic mass is 32.1. The van der Waals surface area contributed by atoms with Crippen molar-refractivity contribution in [1.82, 2.24) is 0 Å². The van der Waals surface area contributed by atoms with Crippen molar-refractivity contribution < 1.29 is 18.7 Å². The van der Waals surface area contributed by atoms with Crippen LogP contribution in [0.3, 0.4) is 0 Å². The van der Waals surface area contributed by atoms with Crippen LogP contribution in [0.25, 0.3) is 17.2 Å². The number of esters is 1. The van der Waals surface area contributed by atoms with E-state index in [4.69, 9.17) is 4.74 Å². The van der Waals surface area contributed by atoms with Crippen molar-refractivity contribution in [2.75, 3.05) is 11.9 Å². The summed E-state index contributed by atoms with van der Waals surface area (Å²) < 4.78 is 18.1. The first kappa shape index (κ1) is 19.5. The number of anilines is 1. The molecule has 0 radical (unpaired) electrons. The Morgan fingerprint density at radius 1 is 1.11 bits per heavy atom. The molecule has 142 valence electrons. The van der Waals surface area contributed by atoms with E-state index in [0.29, 0.717) is 21.7 Å². The van der Waals surface area contributed by atoms with Gasteiger partial charge in [-0.1, -0.05) is 42.5 Å². The molecule has 6 heteroatoms. The van der Waals surface area contributed by atoms with E-state index in [0.717, 1.165) is 5.56 Å². The van der Waals surface area contributed by atoms with Gasteiger partial charge >= 0.3 is 5.97 Å². The van der Waals surface area contributed by atoms with Gasteiger partial charge in [0.25, 0.3) is 0 Å². The normalized spacial score (nSPS) is 10.8. The van der Waals surface area contributed by atoms with E-state index in [1.54, 1.807) is 25.1 Å². The van der Waals surface area contributed by atoms with Crippen LogP contribution in [0.2, 0.25) is 0 Å². The Labute approximate surface area is 166 Å². The zero-order valence-corrected chi connectivity index (χ0v) is 16.0. The molecule has 3 rings (SSSR count). The number of amides is 1. The summed E-state index contributed by atoms with van der Waals surface area (Å²) in [4.78, 5) is 24.8. The highest BCUT2D eigenvalue weighted by Gasteiger charge is 2.22. The summed E-state index contributed by atoms with van der Waals surface area (Å²) in [6, 6.07) is 15.2. The molecule has 0 spiro atoms. The van der Waals surface area contributed by atoms with Crippen LogP contribution in [-0.4, -0.2) is 18.5 Å². The molecular formula is C22H18FNO3S. The van der Waals surface area contributed by atoms with Gasteiger partial charge in [0.2, 0.25) is 5.91 Å². The fraction of sp³-hybridized carbons (Fsp3) is 0.0909. The zero-order valence-electron chi connectivity index (χ0n) is 15.1. The summed E-state index contributed by atoms with van der Waals surface area (Å²) >= 11 is 1.26. The van der Waals surface area contributed by atoms with Crippen molar-refractivity contribution in [3.8, 4) is 11.1 Å². The van der Waals surface area contributed by atoms with Crippen molar-refractivity contribution in [1.29, 1.82) is 0 Å². The van der Waals surface area contributed by atoms with Crippen molar-refractivity contribution in [2.45, 2.75) is 6.92 Å². The van der Waals surface area contributed by atoms with E-state index in [1.807, 2.05) is 35.7 Å². The van der Waals surface area contributed by atoms with Gasteiger partial charge in [0.05, 0.1) is 6.61 Å². The molecule has 1 aromatic heterocycles. The van der Waals surface area contributed by atoms with Crippen LogP contribution in [0.4, 0.5) is 9.39 Å². The third kappa shape index (κ3) is 4.72. The molecule has 1 amide bonds. The minimum atomic E-state index is -0.486. The molecule has 0 aliphatic carbocycles. The van der Waals surface area contributed by atoms with E-state index in [-0.39, 0.29) is 12.4 Å². The Morgan fingerprint density at radius 3 is 2.50 bits per heavy atom. The number of rotatable bonds is 6. The standard InChI is InChI=1S/C22H18FNO3S/c1-2-27-22(26)20-18(16-6-4-3-5-7-16)14-28-21(20)24-19(25)13-10-15-8-11-17(23)12-9-15/h3-14H,2H2,1H3,(H,24,25)/b13-10+. The third-order valence-corrected chi connectivity index (χ3v) is 4.78. The Bertz CT molecular complexity index is 994. The molecule has 0 unspecified atom stereocenters. The second kappa shape index (κ2) is 9.10. The Hall–Kier alpha value is -3.25. The van der Waals surface area contributed by atoms with Gasteiger partial charge in [0.15, 0.2) is 0 Å². The van der Waals surface area contributed by atoms with Gasteiger partial charge < -0.3 is 10.1 Å². The number of carbonyl (C=O) groups is 2. The van der Waals surface area contributed by atoms with E-state index < -0.39 is 11.9 Å². The average Bonchev–Trinajstić information content (AvgIpc) is 3.12. The number of carbonyl (C=O) groups excluding carboxylic acids is 2. The lowest BCUT2D eigenvalue weighted by Gasteiger charge is -2.07. The maximum absolute atomic E-state index is 13.0. The van der Waals surface area contributed by atoms with Gasteiger partial charge in [-0.05, 0) is 36.3 Å². The third-order valence-electron chi connectivity index (χ3n) is 3.89. The second-order valence-corrected chi connectivity index (χ2v) is 6.69. The molecule has 0 saturated carbocycles. The molecule has 2 aromatic carbocycles. The van der Waals surface area contributed by atoms with Crippen LogP contribution in [0.15, 0.2) is 66.1 Å². The number of ether oxygens (including phenoxy) is 1. The smallest absolute Gasteiger partial charge is 0.341 e. The summed E-state index contributed by atoms with van der Waals surface area (Å²) in [5.41, 5.74) is 2.60. The minimum Gasteiger partial charge on any atom is -0.462 e. The molecule has 3 aromatic rings. The summed E-state index contributed by atoms with van der Waals surface area (Å²) in [6.45, 7) is 1.97. The first-order valence-corrected chi connectivity index (χ1v) is 9.55. The highest BCUT2D eigenvalue weighted by molar-refractivity contribution is 7.15. The van der Waals surface area contributed by atoms with Gasteiger partial charge in [-0.3, -0.25) is 4.79 Å². The van der Waals surface area contributed by atoms with Gasteiger partial charge in [-0.2, -0.15) is 0 Å². The molecule has 28 heavy (non-hydrogen) atoms. The molecule has 0 aliphatic heterocycles. The molecular weight excluding hydrogens is 377 g/mol. The summed E-state index contributed by atoms with van der Waals surface area (Å²) in [5.74, 6) is -1.22. The summed E-state index contributed by atoms with van der Waals surface area (Å²) in [7, 11) is 0. The van der Waals surface area contributed by atoms with Crippen LogP contribution >= 0.6 is 11.3 Å². The monoisotopic (exact) mass is 395 g/mol. The minimum absolute atomic E-state index is 0.237. The first-order chi connectivity index (χ1) is 13.6. The lowest BCUT2D eigenvalue weighted by Crippen LogP contribution is -2.12. The highest BCUT2D eigenvalue weighted by Crippen LogP contribution is 2.36. The quantitative estimate of drug-likeness (QED) is 0.450. The number of hydrogen-bond acceptors (Lipinski definition) is 4. The molecule has 0 saturated heterocycles. The van der Waals surface area contributed by atoms with Gasteiger partial charge in [0, 0.05) is 17.0 Å². The lowest BCUT2D eigenvalue weighted by atomic mass is 10.0. The zero-order chi connectivity index (χ0) is 19.9.